The average molecular weight is 319 g/mol. The Bertz CT molecular complexity index is 665. The van der Waals surface area contributed by atoms with Crippen LogP contribution in [0.1, 0.15) is 34.1 Å². The summed E-state index contributed by atoms with van der Waals surface area (Å²) in [7, 11) is 1.72. The van der Waals surface area contributed by atoms with Crippen molar-refractivity contribution < 1.29 is 14.3 Å². The molecule has 2 aromatic heterocycles. The minimum absolute atomic E-state index is 0.115. The molecule has 2 aromatic rings. The Kier molecular flexibility index (Phi) is 4.24. The number of carbonyl (C=O) groups excluding carboxylic acids is 2. The van der Waals surface area contributed by atoms with Gasteiger partial charge in [0, 0.05) is 24.7 Å². The number of amides is 1. The second-order valence-electron chi connectivity index (χ2n) is 5.24. The Labute approximate surface area is 132 Å². The number of aromatic nitrogens is 2. The van der Waals surface area contributed by atoms with Gasteiger partial charge in [0.2, 0.25) is 0 Å². The molecule has 7 heteroatoms. The molecular formula is C15H17N3O3S. The Morgan fingerprint density at radius 3 is 3.05 bits per heavy atom. The third-order valence-corrected chi connectivity index (χ3v) is 4.69. The highest BCUT2D eigenvalue weighted by Crippen LogP contribution is 2.34. The zero-order chi connectivity index (χ0) is 15.5. The van der Waals surface area contributed by atoms with Gasteiger partial charge in [-0.15, -0.1) is 11.3 Å². The van der Waals surface area contributed by atoms with E-state index in [1.165, 1.54) is 15.8 Å². The number of likely N-dealkylation sites (tertiary alicyclic amines) is 1. The zero-order valence-electron chi connectivity index (χ0n) is 12.3. The largest absolute Gasteiger partial charge is 0.452 e. The first-order chi connectivity index (χ1) is 10.6. The van der Waals surface area contributed by atoms with E-state index in [0.717, 1.165) is 12.8 Å². The highest BCUT2D eigenvalue weighted by atomic mass is 32.1. The van der Waals surface area contributed by atoms with E-state index in [-0.39, 0.29) is 18.6 Å². The molecule has 0 saturated carbocycles. The van der Waals surface area contributed by atoms with E-state index in [1.807, 2.05) is 22.4 Å². The number of rotatable bonds is 4. The van der Waals surface area contributed by atoms with Crippen molar-refractivity contribution in [2.45, 2.75) is 18.9 Å². The third-order valence-electron chi connectivity index (χ3n) is 3.71. The number of thiophene rings is 1. The molecule has 6 nitrogen and oxygen atoms in total. The van der Waals surface area contributed by atoms with Gasteiger partial charge in [0.15, 0.2) is 6.61 Å². The van der Waals surface area contributed by atoms with Crippen molar-refractivity contribution in [1.29, 1.82) is 0 Å². The predicted octanol–water partition coefficient (Wildman–Crippen LogP) is 2.00. The van der Waals surface area contributed by atoms with E-state index in [1.54, 1.807) is 24.6 Å². The van der Waals surface area contributed by atoms with Crippen LogP contribution >= 0.6 is 11.3 Å². The molecule has 1 aliphatic rings. The number of carbonyl (C=O) groups is 2. The van der Waals surface area contributed by atoms with Crippen molar-refractivity contribution in [3.63, 3.8) is 0 Å². The third kappa shape index (κ3) is 3.04. The van der Waals surface area contributed by atoms with Crippen LogP contribution < -0.4 is 0 Å². The lowest BCUT2D eigenvalue weighted by Gasteiger charge is -2.23. The number of ether oxygens (including phenoxy) is 1. The van der Waals surface area contributed by atoms with Crippen LogP contribution in [-0.4, -0.2) is 39.7 Å². The van der Waals surface area contributed by atoms with Gasteiger partial charge in [0.25, 0.3) is 5.91 Å². The number of nitrogens with zero attached hydrogens (tertiary/aromatic N) is 3. The average Bonchev–Trinajstić information content (AvgIpc) is 3.23. The molecule has 0 N–H and O–H groups in total. The van der Waals surface area contributed by atoms with Crippen LogP contribution in [-0.2, 0) is 16.6 Å². The van der Waals surface area contributed by atoms with Gasteiger partial charge in [-0.05, 0) is 24.3 Å². The summed E-state index contributed by atoms with van der Waals surface area (Å²) >= 11 is 1.65. The van der Waals surface area contributed by atoms with Crippen LogP contribution in [0.15, 0.2) is 29.9 Å². The smallest absolute Gasteiger partial charge is 0.341 e. The van der Waals surface area contributed by atoms with E-state index in [0.29, 0.717) is 12.1 Å². The summed E-state index contributed by atoms with van der Waals surface area (Å²) in [5, 5.41) is 5.92. The van der Waals surface area contributed by atoms with Crippen LogP contribution in [0.25, 0.3) is 0 Å². The molecule has 3 rings (SSSR count). The van der Waals surface area contributed by atoms with Gasteiger partial charge in [0.05, 0.1) is 17.8 Å². The Morgan fingerprint density at radius 2 is 2.36 bits per heavy atom. The Balaban J connectivity index is 1.58. The molecule has 0 radical (unpaired) electrons. The summed E-state index contributed by atoms with van der Waals surface area (Å²) in [5.41, 5.74) is 0.353. The lowest BCUT2D eigenvalue weighted by atomic mass is 10.2. The molecular weight excluding hydrogens is 302 g/mol. The quantitative estimate of drug-likeness (QED) is 0.809. The van der Waals surface area contributed by atoms with Gasteiger partial charge >= 0.3 is 5.97 Å². The minimum Gasteiger partial charge on any atom is -0.452 e. The van der Waals surface area contributed by atoms with E-state index >= 15 is 0 Å². The van der Waals surface area contributed by atoms with Gasteiger partial charge in [-0.25, -0.2) is 4.79 Å². The normalized spacial score (nSPS) is 17.7. The van der Waals surface area contributed by atoms with Gasteiger partial charge < -0.3 is 9.64 Å². The molecule has 0 spiro atoms. The van der Waals surface area contributed by atoms with Crippen molar-refractivity contribution >= 4 is 23.2 Å². The lowest BCUT2D eigenvalue weighted by Crippen LogP contribution is -2.34. The summed E-state index contributed by atoms with van der Waals surface area (Å²) in [6, 6.07) is 4.15. The second-order valence-corrected chi connectivity index (χ2v) is 6.22. The molecule has 22 heavy (non-hydrogen) atoms. The standard InChI is InChI=1S/C15H17N3O3S/c1-17-9-11(8-16-17)15(20)21-10-14(19)18-6-2-4-12(18)13-5-3-7-22-13/h3,5,7-9,12H,2,4,6,10H2,1H3. The first-order valence-corrected chi connectivity index (χ1v) is 8.02. The Hall–Kier alpha value is -2.15. The zero-order valence-corrected chi connectivity index (χ0v) is 13.1. The van der Waals surface area contributed by atoms with Gasteiger partial charge in [-0.1, -0.05) is 6.07 Å². The number of hydrogen-bond acceptors (Lipinski definition) is 5. The minimum atomic E-state index is -0.520. The van der Waals surface area contributed by atoms with Crippen molar-refractivity contribution in [3.8, 4) is 0 Å². The first kappa shape index (κ1) is 14.8. The molecule has 0 bridgehead atoms. The SMILES string of the molecule is Cn1cc(C(=O)OCC(=O)N2CCCC2c2cccs2)cn1. The Morgan fingerprint density at radius 1 is 1.50 bits per heavy atom. The monoisotopic (exact) mass is 319 g/mol. The lowest BCUT2D eigenvalue weighted by molar-refractivity contribution is -0.135. The van der Waals surface area contributed by atoms with E-state index in [9.17, 15) is 9.59 Å². The van der Waals surface area contributed by atoms with Gasteiger partial charge in [-0.3, -0.25) is 9.48 Å². The van der Waals surface area contributed by atoms with Gasteiger partial charge in [-0.2, -0.15) is 5.10 Å². The van der Waals surface area contributed by atoms with Crippen molar-refractivity contribution in [2.24, 2.45) is 7.05 Å². The number of aryl methyl sites for hydroxylation is 1. The molecule has 1 aliphatic heterocycles. The summed E-state index contributed by atoms with van der Waals surface area (Å²) in [5.74, 6) is -0.665. The molecule has 1 saturated heterocycles. The van der Waals surface area contributed by atoms with Crippen LogP contribution in [0.3, 0.4) is 0 Å². The van der Waals surface area contributed by atoms with E-state index in [4.69, 9.17) is 4.74 Å². The summed E-state index contributed by atoms with van der Waals surface area (Å²) < 4.78 is 6.62. The number of hydrogen-bond donors (Lipinski definition) is 0. The van der Waals surface area contributed by atoms with Crippen LogP contribution in [0.5, 0.6) is 0 Å². The first-order valence-electron chi connectivity index (χ1n) is 7.14. The van der Waals surface area contributed by atoms with Crippen LogP contribution in [0, 0.1) is 0 Å². The summed E-state index contributed by atoms with van der Waals surface area (Å²) in [6.07, 6.45) is 4.93. The molecule has 1 unspecified atom stereocenters. The molecule has 1 amide bonds. The molecule has 1 atom stereocenters. The predicted molar refractivity (Wildman–Crippen MR) is 81.5 cm³/mol. The fourth-order valence-corrected chi connectivity index (χ4v) is 3.54. The van der Waals surface area contributed by atoms with Gasteiger partial charge in [0.1, 0.15) is 0 Å². The highest BCUT2D eigenvalue weighted by molar-refractivity contribution is 7.10. The summed E-state index contributed by atoms with van der Waals surface area (Å²) in [6.45, 7) is 0.488. The molecule has 116 valence electrons. The summed E-state index contributed by atoms with van der Waals surface area (Å²) in [4.78, 5) is 27.2. The molecule has 0 aromatic carbocycles. The fourth-order valence-electron chi connectivity index (χ4n) is 2.66. The maximum Gasteiger partial charge on any atom is 0.341 e. The maximum absolute atomic E-state index is 12.3. The second kappa shape index (κ2) is 6.31. The maximum atomic E-state index is 12.3. The van der Waals surface area contributed by atoms with Crippen LogP contribution in [0.2, 0.25) is 0 Å². The van der Waals surface area contributed by atoms with E-state index < -0.39 is 5.97 Å². The van der Waals surface area contributed by atoms with Crippen molar-refractivity contribution in [1.82, 2.24) is 14.7 Å². The highest BCUT2D eigenvalue weighted by Gasteiger charge is 2.31. The van der Waals surface area contributed by atoms with E-state index in [2.05, 4.69) is 5.10 Å². The topological polar surface area (TPSA) is 64.4 Å². The van der Waals surface area contributed by atoms with Crippen molar-refractivity contribution in [3.05, 3.63) is 40.3 Å². The molecule has 3 heterocycles. The fraction of sp³-hybridized carbons (Fsp3) is 0.400. The van der Waals surface area contributed by atoms with Crippen molar-refractivity contribution in [2.75, 3.05) is 13.2 Å². The number of esters is 1. The molecule has 1 fully saturated rings. The van der Waals surface area contributed by atoms with Crippen LogP contribution in [0.4, 0.5) is 0 Å². The molecule has 0 aliphatic carbocycles.